The Morgan fingerprint density at radius 1 is 0.567 bits per heavy atom. The summed E-state index contributed by atoms with van der Waals surface area (Å²) in [7, 11) is 0. The fourth-order valence-electron chi connectivity index (χ4n) is 3.73. The second-order valence-electron chi connectivity index (χ2n) is 7.00. The van der Waals surface area contributed by atoms with Gasteiger partial charge in [-0.2, -0.15) is 0 Å². The summed E-state index contributed by atoms with van der Waals surface area (Å²) in [5.74, 6) is 0.859. The SMILES string of the molecule is Oc1ccccc1-c1nc2c(ccc3ccc4oc(-c5ccccc5O)nc4c32)o1. The Balaban J connectivity index is 1.65. The average molecular weight is 394 g/mol. The molecule has 0 aliphatic rings. The zero-order chi connectivity index (χ0) is 20.2. The standard InChI is InChI=1S/C24H14N2O4/c27-16-7-3-1-5-14(16)23-25-21-18(29-23)11-9-13-10-12-19-22(20(13)21)26-24(30-19)15-6-2-4-8-17(15)28/h1-12,27-28H. The zero-order valence-electron chi connectivity index (χ0n) is 15.5. The molecule has 144 valence electrons. The van der Waals surface area contributed by atoms with Crippen molar-refractivity contribution in [3.05, 3.63) is 72.8 Å². The number of nitrogens with zero attached hydrogens (tertiary/aromatic N) is 2. The van der Waals surface area contributed by atoms with E-state index in [2.05, 4.69) is 9.97 Å². The molecule has 6 aromatic rings. The van der Waals surface area contributed by atoms with Gasteiger partial charge in [0, 0.05) is 5.39 Å². The van der Waals surface area contributed by atoms with E-state index in [1.54, 1.807) is 36.4 Å². The molecule has 0 bridgehead atoms. The Labute approximate surface area is 169 Å². The molecule has 0 spiro atoms. The highest BCUT2D eigenvalue weighted by Crippen LogP contribution is 2.38. The predicted molar refractivity (Wildman–Crippen MR) is 113 cm³/mol. The third-order valence-electron chi connectivity index (χ3n) is 5.17. The van der Waals surface area contributed by atoms with Crippen LogP contribution >= 0.6 is 0 Å². The molecule has 0 saturated heterocycles. The fourth-order valence-corrected chi connectivity index (χ4v) is 3.73. The van der Waals surface area contributed by atoms with Gasteiger partial charge < -0.3 is 19.0 Å². The van der Waals surface area contributed by atoms with Crippen molar-refractivity contribution < 1.29 is 19.0 Å². The summed E-state index contributed by atoms with van der Waals surface area (Å²) >= 11 is 0. The molecule has 0 fully saturated rings. The van der Waals surface area contributed by atoms with Gasteiger partial charge in [-0.15, -0.1) is 0 Å². The highest BCUT2D eigenvalue weighted by Gasteiger charge is 2.19. The molecule has 0 radical (unpaired) electrons. The van der Waals surface area contributed by atoms with Crippen LogP contribution in [-0.2, 0) is 0 Å². The number of benzene rings is 4. The van der Waals surface area contributed by atoms with E-state index in [1.165, 1.54) is 0 Å². The molecule has 0 atom stereocenters. The lowest BCUT2D eigenvalue weighted by atomic mass is 10.1. The Morgan fingerprint density at radius 3 is 1.50 bits per heavy atom. The summed E-state index contributed by atoms with van der Waals surface area (Å²) in [6.07, 6.45) is 0. The minimum absolute atomic E-state index is 0.0989. The van der Waals surface area contributed by atoms with Crippen LogP contribution < -0.4 is 0 Å². The van der Waals surface area contributed by atoms with E-state index >= 15 is 0 Å². The van der Waals surface area contributed by atoms with Gasteiger partial charge in [0.2, 0.25) is 11.8 Å². The first-order valence-electron chi connectivity index (χ1n) is 9.38. The van der Waals surface area contributed by atoms with Crippen molar-refractivity contribution in [2.45, 2.75) is 0 Å². The van der Waals surface area contributed by atoms with E-state index in [0.29, 0.717) is 45.1 Å². The van der Waals surface area contributed by atoms with Crippen LogP contribution in [0.4, 0.5) is 0 Å². The average Bonchev–Trinajstić information content (AvgIpc) is 3.38. The van der Waals surface area contributed by atoms with E-state index in [1.807, 2.05) is 36.4 Å². The van der Waals surface area contributed by atoms with Crippen LogP contribution in [0.25, 0.3) is 55.9 Å². The summed E-state index contributed by atoms with van der Waals surface area (Å²) in [6, 6.07) is 21.4. The Kier molecular flexibility index (Phi) is 3.37. The van der Waals surface area contributed by atoms with Crippen LogP contribution in [0.1, 0.15) is 0 Å². The van der Waals surface area contributed by atoms with Crippen LogP contribution in [0.15, 0.2) is 81.6 Å². The minimum atomic E-state index is 0.0989. The minimum Gasteiger partial charge on any atom is -0.507 e. The Hall–Kier alpha value is -4.32. The molecule has 0 aliphatic heterocycles. The van der Waals surface area contributed by atoms with E-state index in [-0.39, 0.29) is 11.5 Å². The topological polar surface area (TPSA) is 92.5 Å². The third-order valence-corrected chi connectivity index (χ3v) is 5.17. The molecule has 30 heavy (non-hydrogen) atoms. The molecule has 2 N–H and O–H groups in total. The van der Waals surface area contributed by atoms with E-state index in [0.717, 1.165) is 10.8 Å². The summed E-state index contributed by atoms with van der Waals surface area (Å²) in [5.41, 5.74) is 3.47. The van der Waals surface area contributed by atoms with Crippen LogP contribution in [0.5, 0.6) is 11.5 Å². The fraction of sp³-hybridized carbons (Fsp3) is 0. The zero-order valence-corrected chi connectivity index (χ0v) is 15.5. The number of rotatable bonds is 2. The molecule has 0 saturated carbocycles. The number of fused-ring (bicyclic) bond motifs is 5. The van der Waals surface area contributed by atoms with Gasteiger partial charge in [0.05, 0.1) is 11.1 Å². The number of oxazole rings is 2. The lowest BCUT2D eigenvalue weighted by molar-refractivity contribution is 0.473. The second kappa shape index (κ2) is 6.09. The number of para-hydroxylation sites is 2. The van der Waals surface area contributed by atoms with Crippen molar-refractivity contribution in [2.24, 2.45) is 0 Å². The molecule has 0 unspecified atom stereocenters. The second-order valence-corrected chi connectivity index (χ2v) is 7.00. The number of phenols is 2. The molecule has 6 nitrogen and oxygen atoms in total. The van der Waals surface area contributed by atoms with E-state index in [9.17, 15) is 10.2 Å². The third kappa shape index (κ3) is 2.37. The maximum atomic E-state index is 10.2. The molecule has 6 heteroatoms. The number of hydrogen-bond donors (Lipinski definition) is 2. The maximum Gasteiger partial charge on any atom is 0.231 e. The molecular formula is C24H14N2O4. The summed E-state index contributed by atoms with van der Waals surface area (Å²) < 4.78 is 11.9. The van der Waals surface area contributed by atoms with Crippen molar-refractivity contribution in [2.75, 3.05) is 0 Å². The first kappa shape index (κ1) is 16.6. The van der Waals surface area contributed by atoms with Gasteiger partial charge in [0.1, 0.15) is 22.5 Å². The van der Waals surface area contributed by atoms with Gasteiger partial charge in [-0.05, 0) is 41.8 Å². The van der Waals surface area contributed by atoms with E-state index in [4.69, 9.17) is 8.83 Å². The molecule has 0 amide bonds. The quantitative estimate of drug-likeness (QED) is 0.382. The number of aromatic nitrogens is 2. The smallest absolute Gasteiger partial charge is 0.231 e. The molecule has 6 rings (SSSR count). The van der Waals surface area contributed by atoms with Crippen LogP contribution in [0.2, 0.25) is 0 Å². The van der Waals surface area contributed by atoms with Crippen molar-refractivity contribution in [1.82, 2.24) is 9.97 Å². The molecule has 2 heterocycles. The maximum absolute atomic E-state index is 10.2. The first-order valence-corrected chi connectivity index (χ1v) is 9.38. The normalized spacial score (nSPS) is 11.6. The number of aromatic hydroxyl groups is 2. The van der Waals surface area contributed by atoms with Crippen LogP contribution in [-0.4, -0.2) is 20.2 Å². The summed E-state index contributed by atoms with van der Waals surface area (Å²) in [5, 5.41) is 22.1. The Bertz CT molecular complexity index is 1460. The molecular weight excluding hydrogens is 380 g/mol. The summed E-state index contributed by atoms with van der Waals surface area (Å²) in [4.78, 5) is 9.33. The lowest BCUT2D eigenvalue weighted by Crippen LogP contribution is -1.81. The van der Waals surface area contributed by atoms with Crippen molar-refractivity contribution >= 4 is 33.0 Å². The first-order chi connectivity index (χ1) is 14.7. The predicted octanol–water partition coefficient (Wildman–Crippen LogP) is 5.87. The lowest BCUT2D eigenvalue weighted by Gasteiger charge is -1.98. The highest BCUT2D eigenvalue weighted by molar-refractivity contribution is 6.16. The van der Waals surface area contributed by atoms with Gasteiger partial charge in [-0.3, -0.25) is 0 Å². The van der Waals surface area contributed by atoms with Crippen molar-refractivity contribution in [3.8, 4) is 34.4 Å². The van der Waals surface area contributed by atoms with Gasteiger partial charge >= 0.3 is 0 Å². The molecule has 4 aromatic carbocycles. The van der Waals surface area contributed by atoms with Crippen LogP contribution in [0.3, 0.4) is 0 Å². The van der Waals surface area contributed by atoms with Gasteiger partial charge in [0.15, 0.2) is 11.2 Å². The highest BCUT2D eigenvalue weighted by atomic mass is 16.4. The van der Waals surface area contributed by atoms with E-state index < -0.39 is 0 Å². The Morgan fingerprint density at radius 2 is 1.03 bits per heavy atom. The van der Waals surface area contributed by atoms with Gasteiger partial charge in [-0.25, -0.2) is 9.97 Å². The van der Waals surface area contributed by atoms with Gasteiger partial charge in [0.25, 0.3) is 0 Å². The molecule has 0 aliphatic carbocycles. The monoisotopic (exact) mass is 394 g/mol. The largest absolute Gasteiger partial charge is 0.507 e. The van der Waals surface area contributed by atoms with Crippen LogP contribution in [0, 0.1) is 0 Å². The number of phenolic OH excluding ortho intramolecular Hbond substituents is 2. The molecule has 2 aromatic heterocycles. The van der Waals surface area contributed by atoms with Crippen molar-refractivity contribution in [1.29, 1.82) is 0 Å². The van der Waals surface area contributed by atoms with Gasteiger partial charge in [-0.1, -0.05) is 36.4 Å². The number of hydrogen-bond acceptors (Lipinski definition) is 6. The van der Waals surface area contributed by atoms with Crippen molar-refractivity contribution in [3.63, 3.8) is 0 Å². The summed E-state index contributed by atoms with van der Waals surface area (Å²) in [6.45, 7) is 0.